The molecule has 0 amide bonds. The largest absolute Gasteiger partial charge is 0.381 e. The fourth-order valence-corrected chi connectivity index (χ4v) is 6.58. The molecule has 5 rings (SSSR count). The van der Waals surface area contributed by atoms with Crippen molar-refractivity contribution in [3.05, 3.63) is 63.0 Å². The molecule has 1 N–H and O–H groups in total. The third-order valence-electron chi connectivity index (χ3n) is 7.35. The van der Waals surface area contributed by atoms with Crippen molar-refractivity contribution in [2.75, 3.05) is 19.8 Å². The van der Waals surface area contributed by atoms with Gasteiger partial charge in [0, 0.05) is 42.6 Å². The van der Waals surface area contributed by atoms with Gasteiger partial charge in [0.1, 0.15) is 4.83 Å². The predicted molar refractivity (Wildman–Crippen MR) is 131 cm³/mol. The molecule has 0 spiro atoms. The van der Waals surface area contributed by atoms with Crippen molar-refractivity contribution in [2.24, 2.45) is 0 Å². The van der Waals surface area contributed by atoms with E-state index in [4.69, 9.17) is 4.74 Å². The standard InChI is InChI=1S/C26H33N3O2S/c1-2-3-13-29-18-28-24-23(25(29)30)21-10-9-20(16-22(21)32-24)27-17-26(11-14-31-15-12-26)19-7-5-4-6-8-19/h4-8,18,20,27H,2-3,9-17H2,1H3. The Balaban J connectivity index is 1.34. The second kappa shape index (κ2) is 9.46. The van der Waals surface area contributed by atoms with Crippen molar-refractivity contribution in [3.8, 4) is 0 Å². The average molecular weight is 452 g/mol. The predicted octanol–water partition coefficient (Wildman–Crippen LogP) is 4.45. The molecule has 2 aromatic heterocycles. The molecule has 0 saturated carbocycles. The Morgan fingerprint density at radius 2 is 2.06 bits per heavy atom. The molecule has 3 aromatic rings. The Morgan fingerprint density at radius 3 is 2.84 bits per heavy atom. The molecule has 1 atom stereocenters. The van der Waals surface area contributed by atoms with E-state index in [1.54, 1.807) is 22.2 Å². The van der Waals surface area contributed by atoms with Crippen LogP contribution in [0.5, 0.6) is 0 Å². The molecule has 1 saturated heterocycles. The van der Waals surface area contributed by atoms with E-state index < -0.39 is 0 Å². The van der Waals surface area contributed by atoms with Crippen LogP contribution in [0.1, 0.15) is 55.0 Å². The van der Waals surface area contributed by atoms with Gasteiger partial charge in [0.05, 0.1) is 11.7 Å². The summed E-state index contributed by atoms with van der Waals surface area (Å²) in [7, 11) is 0. The van der Waals surface area contributed by atoms with E-state index in [0.29, 0.717) is 6.04 Å². The molecular formula is C26H33N3O2S. The molecule has 1 aliphatic heterocycles. The molecule has 3 heterocycles. The van der Waals surface area contributed by atoms with Crippen LogP contribution < -0.4 is 10.9 Å². The molecule has 1 aliphatic carbocycles. The zero-order valence-corrected chi connectivity index (χ0v) is 19.8. The van der Waals surface area contributed by atoms with Crippen molar-refractivity contribution >= 4 is 21.6 Å². The Hall–Kier alpha value is -2.02. The Labute approximate surface area is 193 Å². The molecule has 1 unspecified atom stereocenters. The van der Waals surface area contributed by atoms with Gasteiger partial charge < -0.3 is 10.1 Å². The maximum atomic E-state index is 13.1. The van der Waals surface area contributed by atoms with Crippen molar-refractivity contribution in [1.82, 2.24) is 14.9 Å². The molecular weight excluding hydrogens is 418 g/mol. The summed E-state index contributed by atoms with van der Waals surface area (Å²) in [6.45, 7) is 5.56. The maximum absolute atomic E-state index is 13.1. The fraction of sp³-hybridized carbons (Fsp3) is 0.538. The number of aromatic nitrogens is 2. The highest BCUT2D eigenvalue weighted by Crippen LogP contribution is 2.36. The Bertz CT molecular complexity index is 1120. The van der Waals surface area contributed by atoms with Crippen molar-refractivity contribution in [3.63, 3.8) is 0 Å². The van der Waals surface area contributed by atoms with Crippen molar-refractivity contribution in [2.45, 2.75) is 69.9 Å². The van der Waals surface area contributed by atoms with E-state index in [1.807, 2.05) is 0 Å². The van der Waals surface area contributed by atoms with E-state index in [-0.39, 0.29) is 11.0 Å². The van der Waals surface area contributed by atoms with E-state index in [1.165, 1.54) is 16.0 Å². The zero-order valence-electron chi connectivity index (χ0n) is 18.9. The fourth-order valence-electron chi connectivity index (χ4n) is 5.32. The highest BCUT2D eigenvalue weighted by atomic mass is 32.1. The number of unbranched alkanes of at least 4 members (excludes halogenated alkanes) is 1. The van der Waals surface area contributed by atoms with Gasteiger partial charge in [0.15, 0.2) is 0 Å². The first-order valence-electron chi connectivity index (χ1n) is 12.1. The van der Waals surface area contributed by atoms with Gasteiger partial charge in [-0.2, -0.15) is 0 Å². The molecule has 1 fully saturated rings. The van der Waals surface area contributed by atoms with E-state index in [2.05, 4.69) is 47.6 Å². The lowest BCUT2D eigenvalue weighted by atomic mass is 9.74. The Kier molecular flexibility index (Phi) is 6.44. The summed E-state index contributed by atoms with van der Waals surface area (Å²) in [5.74, 6) is 0. The van der Waals surface area contributed by atoms with Gasteiger partial charge in [-0.05, 0) is 49.7 Å². The number of hydrogen-bond acceptors (Lipinski definition) is 5. The van der Waals surface area contributed by atoms with E-state index >= 15 is 0 Å². The minimum absolute atomic E-state index is 0.147. The van der Waals surface area contributed by atoms with E-state index in [0.717, 1.165) is 81.5 Å². The summed E-state index contributed by atoms with van der Waals surface area (Å²) in [6.07, 6.45) is 8.99. The minimum atomic E-state index is 0.147. The topological polar surface area (TPSA) is 56.2 Å². The molecule has 170 valence electrons. The summed E-state index contributed by atoms with van der Waals surface area (Å²) in [6, 6.07) is 11.4. The van der Waals surface area contributed by atoms with Crippen LogP contribution >= 0.6 is 11.3 Å². The highest BCUT2D eigenvalue weighted by Gasteiger charge is 2.35. The number of nitrogens with zero attached hydrogens (tertiary/aromatic N) is 2. The molecule has 5 nitrogen and oxygen atoms in total. The van der Waals surface area contributed by atoms with Crippen LogP contribution in [-0.4, -0.2) is 35.4 Å². The van der Waals surface area contributed by atoms with Crippen LogP contribution in [0.15, 0.2) is 41.5 Å². The summed E-state index contributed by atoms with van der Waals surface area (Å²) >= 11 is 1.72. The normalized spacial score (nSPS) is 20.3. The first kappa shape index (κ1) is 21.8. The lowest BCUT2D eigenvalue weighted by molar-refractivity contribution is 0.0487. The molecule has 32 heavy (non-hydrogen) atoms. The zero-order chi connectivity index (χ0) is 22.0. The summed E-state index contributed by atoms with van der Waals surface area (Å²) in [5, 5.41) is 4.80. The number of aryl methyl sites for hydroxylation is 2. The SMILES string of the molecule is CCCCn1cnc2sc3c(c2c1=O)CCC(NCC1(c2ccccc2)CCOCC1)C3. The second-order valence-electron chi connectivity index (χ2n) is 9.36. The van der Waals surface area contributed by atoms with Crippen LogP contribution in [0.25, 0.3) is 10.2 Å². The number of hydrogen-bond donors (Lipinski definition) is 1. The molecule has 6 heteroatoms. The van der Waals surface area contributed by atoms with Crippen LogP contribution in [-0.2, 0) is 29.5 Å². The first-order chi connectivity index (χ1) is 15.7. The quantitative estimate of drug-likeness (QED) is 0.577. The van der Waals surface area contributed by atoms with E-state index in [9.17, 15) is 4.79 Å². The van der Waals surface area contributed by atoms with Crippen LogP contribution in [0, 0.1) is 0 Å². The monoisotopic (exact) mass is 451 g/mol. The van der Waals surface area contributed by atoms with Gasteiger partial charge in [-0.15, -0.1) is 11.3 Å². The van der Waals surface area contributed by atoms with Gasteiger partial charge in [0.25, 0.3) is 5.56 Å². The van der Waals surface area contributed by atoms with Crippen molar-refractivity contribution < 1.29 is 4.74 Å². The third kappa shape index (κ3) is 4.16. The third-order valence-corrected chi connectivity index (χ3v) is 8.52. The first-order valence-corrected chi connectivity index (χ1v) is 12.9. The van der Waals surface area contributed by atoms with Crippen LogP contribution in [0.4, 0.5) is 0 Å². The smallest absolute Gasteiger partial charge is 0.262 e. The van der Waals surface area contributed by atoms with Crippen LogP contribution in [0.3, 0.4) is 0 Å². The second-order valence-corrected chi connectivity index (χ2v) is 10.4. The number of rotatable bonds is 7. The van der Waals surface area contributed by atoms with Crippen LogP contribution in [0.2, 0.25) is 0 Å². The summed E-state index contributed by atoms with van der Waals surface area (Å²) < 4.78 is 7.50. The van der Waals surface area contributed by atoms with Gasteiger partial charge in [-0.3, -0.25) is 9.36 Å². The molecule has 0 radical (unpaired) electrons. The molecule has 0 bridgehead atoms. The molecule has 2 aliphatic rings. The number of thiophene rings is 1. The number of ether oxygens (including phenoxy) is 1. The summed E-state index contributed by atoms with van der Waals surface area (Å²) in [5.41, 5.74) is 2.98. The van der Waals surface area contributed by atoms with Gasteiger partial charge in [0.2, 0.25) is 0 Å². The average Bonchev–Trinajstić information content (AvgIpc) is 3.22. The van der Waals surface area contributed by atoms with Gasteiger partial charge >= 0.3 is 0 Å². The highest BCUT2D eigenvalue weighted by molar-refractivity contribution is 7.18. The maximum Gasteiger partial charge on any atom is 0.262 e. The van der Waals surface area contributed by atoms with Gasteiger partial charge in [-0.25, -0.2) is 4.98 Å². The number of fused-ring (bicyclic) bond motifs is 3. The lowest BCUT2D eigenvalue weighted by Crippen LogP contribution is -2.47. The minimum Gasteiger partial charge on any atom is -0.381 e. The molecule has 1 aromatic carbocycles. The van der Waals surface area contributed by atoms with Gasteiger partial charge in [-0.1, -0.05) is 43.7 Å². The number of benzene rings is 1. The lowest BCUT2D eigenvalue weighted by Gasteiger charge is -2.39. The summed E-state index contributed by atoms with van der Waals surface area (Å²) in [4.78, 5) is 20.0. The van der Waals surface area contributed by atoms with Crippen molar-refractivity contribution in [1.29, 1.82) is 0 Å². The Morgan fingerprint density at radius 1 is 1.25 bits per heavy atom. The number of nitrogens with one attached hydrogen (secondary N) is 1.